The van der Waals surface area contributed by atoms with Crippen LogP contribution in [0.1, 0.15) is 12.8 Å². The second kappa shape index (κ2) is 5.16. The van der Waals surface area contributed by atoms with Gasteiger partial charge < -0.3 is 10.4 Å². The average molecular weight is 270 g/mol. The van der Waals surface area contributed by atoms with Crippen molar-refractivity contribution in [1.82, 2.24) is 5.32 Å². The van der Waals surface area contributed by atoms with Crippen LogP contribution in [0.2, 0.25) is 0 Å². The lowest BCUT2D eigenvalue weighted by Crippen LogP contribution is -2.45. The Morgan fingerprint density at radius 1 is 1.33 bits per heavy atom. The number of piperidine rings is 1. The summed E-state index contributed by atoms with van der Waals surface area (Å²) in [5.41, 5.74) is 0.568. The second-order valence-electron chi connectivity index (χ2n) is 4.50. The summed E-state index contributed by atoms with van der Waals surface area (Å²) in [6, 6.07) is 6.17. The lowest BCUT2D eigenvalue weighted by molar-refractivity contribution is 0.475. The summed E-state index contributed by atoms with van der Waals surface area (Å²) in [6.45, 7) is 1.39. The minimum absolute atomic E-state index is 0.129. The molecule has 1 fully saturated rings. The second-order valence-corrected chi connectivity index (χ2v) is 6.74. The van der Waals surface area contributed by atoms with Crippen LogP contribution in [0.25, 0.3) is 0 Å². The van der Waals surface area contributed by atoms with E-state index in [2.05, 4.69) is 5.32 Å². The molecule has 0 spiro atoms. The molecular weight excluding hydrogens is 252 g/mol. The first-order chi connectivity index (χ1) is 8.51. The van der Waals surface area contributed by atoms with Gasteiger partial charge in [-0.25, -0.2) is 8.42 Å². The van der Waals surface area contributed by atoms with E-state index in [1.807, 2.05) is 0 Å². The van der Waals surface area contributed by atoms with E-state index in [9.17, 15) is 13.5 Å². The van der Waals surface area contributed by atoms with Crippen LogP contribution in [0, 0.1) is 0 Å². The number of aromatic hydroxyl groups is 1. The van der Waals surface area contributed by atoms with Crippen LogP contribution >= 0.6 is 0 Å². The lowest BCUT2D eigenvalue weighted by atomic mass is 10.2. The molecule has 1 heterocycles. The minimum atomic E-state index is -3.34. The largest absolute Gasteiger partial charge is 0.508 e. The summed E-state index contributed by atoms with van der Waals surface area (Å²) in [5.74, 6) is 0.129. The molecule has 1 atom stereocenters. The van der Waals surface area contributed by atoms with Gasteiger partial charge >= 0.3 is 0 Å². The number of benzene rings is 1. The number of rotatable bonds is 3. The Morgan fingerprint density at radius 3 is 2.56 bits per heavy atom. The predicted molar refractivity (Wildman–Crippen MR) is 71.3 cm³/mol. The van der Waals surface area contributed by atoms with Gasteiger partial charge in [-0.05, 0) is 43.7 Å². The van der Waals surface area contributed by atoms with Crippen LogP contribution < -0.4 is 9.62 Å². The maximum atomic E-state index is 12.4. The highest BCUT2D eigenvalue weighted by molar-refractivity contribution is 7.93. The summed E-state index contributed by atoms with van der Waals surface area (Å²) in [7, 11) is -1.79. The summed E-state index contributed by atoms with van der Waals surface area (Å²) >= 11 is 0. The predicted octanol–water partition coefficient (Wildman–Crippen LogP) is 0.910. The Hall–Kier alpha value is -1.27. The molecule has 100 valence electrons. The van der Waals surface area contributed by atoms with E-state index in [1.54, 1.807) is 19.2 Å². The van der Waals surface area contributed by atoms with Gasteiger partial charge in [0.25, 0.3) is 0 Å². The average Bonchev–Trinajstić information content (AvgIpc) is 2.40. The Kier molecular flexibility index (Phi) is 3.77. The molecule has 6 heteroatoms. The van der Waals surface area contributed by atoms with Crippen LogP contribution in [-0.2, 0) is 10.0 Å². The van der Waals surface area contributed by atoms with Crippen LogP contribution in [0.15, 0.2) is 24.3 Å². The Labute approximate surface area is 107 Å². The van der Waals surface area contributed by atoms with Crippen molar-refractivity contribution in [3.63, 3.8) is 0 Å². The fraction of sp³-hybridized carbons (Fsp3) is 0.500. The van der Waals surface area contributed by atoms with Crippen LogP contribution in [0.5, 0.6) is 5.75 Å². The SMILES string of the molecule is CN(c1ccc(O)cc1)S(=O)(=O)C1CCCNC1. The highest BCUT2D eigenvalue weighted by Crippen LogP contribution is 2.23. The van der Waals surface area contributed by atoms with Crippen LogP contribution in [-0.4, -0.2) is 38.9 Å². The van der Waals surface area contributed by atoms with Crippen molar-refractivity contribution in [3.05, 3.63) is 24.3 Å². The number of anilines is 1. The molecule has 1 unspecified atom stereocenters. The Balaban J connectivity index is 2.20. The van der Waals surface area contributed by atoms with Crippen molar-refractivity contribution in [1.29, 1.82) is 0 Å². The highest BCUT2D eigenvalue weighted by atomic mass is 32.2. The molecule has 0 amide bonds. The van der Waals surface area contributed by atoms with E-state index in [0.717, 1.165) is 13.0 Å². The van der Waals surface area contributed by atoms with Gasteiger partial charge in [0.15, 0.2) is 0 Å². The van der Waals surface area contributed by atoms with Gasteiger partial charge in [-0.2, -0.15) is 0 Å². The molecule has 0 saturated carbocycles. The number of hydrogen-bond donors (Lipinski definition) is 2. The summed E-state index contributed by atoms with van der Waals surface area (Å²) in [4.78, 5) is 0. The molecule has 2 rings (SSSR count). The topological polar surface area (TPSA) is 69.6 Å². The molecule has 18 heavy (non-hydrogen) atoms. The first-order valence-corrected chi connectivity index (χ1v) is 7.49. The summed E-state index contributed by atoms with van der Waals surface area (Å²) in [6.07, 6.45) is 1.57. The molecule has 0 aliphatic carbocycles. The zero-order chi connectivity index (χ0) is 13.2. The minimum Gasteiger partial charge on any atom is -0.508 e. The quantitative estimate of drug-likeness (QED) is 0.856. The molecule has 1 aliphatic heterocycles. The molecule has 1 aromatic rings. The number of hydrogen-bond acceptors (Lipinski definition) is 4. The van der Waals surface area contributed by atoms with E-state index in [4.69, 9.17) is 0 Å². The summed E-state index contributed by atoms with van der Waals surface area (Å²) < 4.78 is 26.1. The number of phenols is 1. The Morgan fingerprint density at radius 2 is 2.00 bits per heavy atom. The van der Waals surface area contributed by atoms with Crippen molar-refractivity contribution < 1.29 is 13.5 Å². The third-order valence-corrected chi connectivity index (χ3v) is 5.49. The van der Waals surface area contributed by atoms with E-state index in [-0.39, 0.29) is 11.0 Å². The normalized spacial score (nSPS) is 20.6. The van der Waals surface area contributed by atoms with E-state index < -0.39 is 10.0 Å². The maximum absolute atomic E-state index is 12.4. The molecule has 0 radical (unpaired) electrons. The van der Waals surface area contributed by atoms with Crippen molar-refractivity contribution in [2.75, 3.05) is 24.4 Å². The van der Waals surface area contributed by atoms with E-state index in [0.29, 0.717) is 18.7 Å². The first kappa shape index (κ1) is 13.2. The van der Waals surface area contributed by atoms with Gasteiger partial charge in [-0.1, -0.05) is 0 Å². The van der Waals surface area contributed by atoms with Crippen molar-refractivity contribution in [2.24, 2.45) is 0 Å². The van der Waals surface area contributed by atoms with E-state index in [1.165, 1.54) is 16.4 Å². The third-order valence-electron chi connectivity index (χ3n) is 3.27. The smallest absolute Gasteiger partial charge is 0.239 e. The zero-order valence-corrected chi connectivity index (χ0v) is 11.2. The van der Waals surface area contributed by atoms with Gasteiger partial charge in [-0.3, -0.25) is 4.31 Å². The van der Waals surface area contributed by atoms with Crippen LogP contribution in [0.3, 0.4) is 0 Å². The fourth-order valence-corrected chi connectivity index (χ4v) is 3.76. The molecule has 1 saturated heterocycles. The molecule has 5 nitrogen and oxygen atoms in total. The lowest BCUT2D eigenvalue weighted by Gasteiger charge is -2.28. The molecule has 2 N–H and O–H groups in total. The van der Waals surface area contributed by atoms with Crippen LogP contribution in [0.4, 0.5) is 5.69 Å². The molecule has 1 aliphatic rings. The van der Waals surface area contributed by atoms with Gasteiger partial charge in [0.2, 0.25) is 10.0 Å². The highest BCUT2D eigenvalue weighted by Gasteiger charge is 2.31. The number of sulfonamides is 1. The van der Waals surface area contributed by atoms with Gasteiger partial charge in [0, 0.05) is 13.6 Å². The molecule has 1 aromatic carbocycles. The number of nitrogens with zero attached hydrogens (tertiary/aromatic N) is 1. The molecular formula is C12H18N2O3S. The Bertz CT molecular complexity index is 493. The monoisotopic (exact) mass is 270 g/mol. The molecule has 0 bridgehead atoms. The number of phenolic OH excluding ortho intramolecular Hbond substituents is 1. The maximum Gasteiger partial charge on any atom is 0.239 e. The van der Waals surface area contributed by atoms with Crippen molar-refractivity contribution in [3.8, 4) is 5.75 Å². The van der Waals surface area contributed by atoms with E-state index >= 15 is 0 Å². The standard InChI is InChI=1S/C12H18N2O3S/c1-14(10-4-6-11(15)7-5-10)18(16,17)12-3-2-8-13-9-12/h4-7,12-13,15H,2-3,8-9H2,1H3. The summed E-state index contributed by atoms with van der Waals surface area (Å²) in [5, 5.41) is 12.0. The van der Waals surface area contributed by atoms with Crippen molar-refractivity contribution in [2.45, 2.75) is 18.1 Å². The zero-order valence-electron chi connectivity index (χ0n) is 10.3. The molecule has 0 aromatic heterocycles. The van der Waals surface area contributed by atoms with Crippen molar-refractivity contribution >= 4 is 15.7 Å². The number of nitrogens with one attached hydrogen (secondary N) is 1. The van der Waals surface area contributed by atoms with Gasteiger partial charge in [-0.15, -0.1) is 0 Å². The fourth-order valence-electron chi connectivity index (χ4n) is 2.11. The first-order valence-electron chi connectivity index (χ1n) is 5.99. The third kappa shape index (κ3) is 2.59. The van der Waals surface area contributed by atoms with Gasteiger partial charge in [0.05, 0.1) is 10.9 Å². The van der Waals surface area contributed by atoms with Gasteiger partial charge in [0.1, 0.15) is 5.75 Å².